The molecular formula is C19H15Cl2N3OS2. The van der Waals surface area contributed by atoms with Gasteiger partial charge in [-0.05, 0) is 49.0 Å². The van der Waals surface area contributed by atoms with Gasteiger partial charge in [-0.2, -0.15) is 0 Å². The number of halogens is 2. The lowest BCUT2D eigenvalue weighted by molar-refractivity contribution is -0.122. The maximum absolute atomic E-state index is 13.0. The van der Waals surface area contributed by atoms with Crippen LogP contribution < -0.4 is 4.90 Å². The topological polar surface area (TPSA) is 35.9 Å². The normalized spacial score (nSPS) is 20.7. The Labute approximate surface area is 176 Å². The molecule has 0 unspecified atom stereocenters. The number of likely N-dealkylation sites (N-methyl/N-ethyl adjacent to an activating group) is 1. The molecule has 2 aromatic carbocycles. The Morgan fingerprint density at radius 2 is 1.85 bits per heavy atom. The van der Waals surface area contributed by atoms with Crippen LogP contribution in [0, 0.1) is 0 Å². The minimum absolute atomic E-state index is 0.0246. The molecule has 4 rings (SSSR count). The van der Waals surface area contributed by atoms with Gasteiger partial charge < -0.3 is 4.90 Å². The number of thioether (sulfide) groups is 2. The van der Waals surface area contributed by atoms with Gasteiger partial charge >= 0.3 is 0 Å². The van der Waals surface area contributed by atoms with E-state index in [0.29, 0.717) is 32.4 Å². The second-order valence-corrected chi connectivity index (χ2v) is 8.73. The van der Waals surface area contributed by atoms with Crippen LogP contribution in [0.3, 0.4) is 0 Å². The Balaban J connectivity index is 1.72. The van der Waals surface area contributed by atoms with E-state index in [1.807, 2.05) is 26.1 Å². The highest BCUT2D eigenvalue weighted by molar-refractivity contribution is 8.19. The van der Waals surface area contributed by atoms with Crippen LogP contribution in [0.5, 0.6) is 0 Å². The van der Waals surface area contributed by atoms with Crippen molar-refractivity contribution >= 4 is 69.2 Å². The number of rotatable bonds is 2. The van der Waals surface area contributed by atoms with Gasteiger partial charge in [0, 0.05) is 18.5 Å². The SMILES string of the molecule is CCN1C(=O)C(=C2Sc3ccccc3N2C)SC1=Nc1ccc(Cl)c(Cl)c1. The van der Waals surface area contributed by atoms with Crippen LogP contribution in [0.15, 0.2) is 62.3 Å². The minimum Gasteiger partial charge on any atom is -0.337 e. The van der Waals surface area contributed by atoms with Crippen molar-refractivity contribution in [3.63, 3.8) is 0 Å². The Kier molecular flexibility index (Phi) is 5.16. The first-order chi connectivity index (χ1) is 13.0. The maximum atomic E-state index is 13.0. The molecule has 1 fully saturated rings. The highest BCUT2D eigenvalue weighted by Crippen LogP contribution is 2.49. The van der Waals surface area contributed by atoms with Crippen molar-refractivity contribution in [3.8, 4) is 0 Å². The summed E-state index contributed by atoms with van der Waals surface area (Å²) in [4.78, 5) is 23.3. The molecule has 138 valence electrons. The van der Waals surface area contributed by atoms with Crippen molar-refractivity contribution in [1.82, 2.24) is 4.90 Å². The van der Waals surface area contributed by atoms with Crippen LogP contribution in [0.1, 0.15) is 6.92 Å². The maximum Gasteiger partial charge on any atom is 0.269 e. The van der Waals surface area contributed by atoms with Gasteiger partial charge in [-0.15, -0.1) is 0 Å². The monoisotopic (exact) mass is 435 g/mol. The number of carbonyl (C=O) groups excluding carboxylic acids is 1. The molecule has 2 heterocycles. The van der Waals surface area contributed by atoms with Crippen LogP contribution in [-0.4, -0.2) is 29.6 Å². The van der Waals surface area contributed by atoms with Crippen molar-refractivity contribution in [2.45, 2.75) is 11.8 Å². The quantitative estimate of drug-likeness (QED) is 0.542. The minimum atomic E-state index is -0.0246. The summed E-state index contributed by atoms with van der Waals surface area (Å²) in [6, 6.07) is 13.3. The predicted molar refractivity (Wildman–Crippen MR) is 116 cm³/mol. The average Bonchev–Trinajstić information content (AvgIpc) is 3.15. The Hall–Kier alpha value is -1.60. The summed E-state index contributed by atoms with van der Waals surface area (Å²) < 4.78 is 0. The van der Waals surface area contributed by atoms with Gasteiger partial charge in [-0.25, -0.2) is 4.99 Å². The van der Waals surface area contributed by atoms with Gasteiger partial charge in [0.1, 0.15) is 4.91 Å². The van der Waals surface area contributed by atoms with Crippen LogP contribution >= 0.6 is 46.7 Å². The first kappa shape index (κ1) is 18.7. The van der Waals surface area contributed by atoms with Gasteiger partial charge in [0.25, 0.3) is 5.91 Å². The number of fused-ring (bicyclic) bond motifs is 1. The van der Waals surface area contributed by atoms with E-state index in [0.717, 1.165) is 15.6 Å². The number of amides is 1. The van der Waals surface area contributed by atoms with Gasteiger partial charge in [0.2, 0.25) is 0 Å². The summed E-state index contributed by atoms with van der Waals surface area (Å²) in [5, 5.41) is 2.50. The van der Waals surface area contributed by atoms with E-state index >= 15 is 0 Å². The molecule has 1 saturated heterocycles. The number of hydrogen-bond donors (Lipinski definition) is 0. The zero-order chi connectivity index (χ0) is 19.1. The summed E-state index contributed by atoms with van der Waals surface area (Å²) in [7, 11) is 1.99. The summed E-state index contributed by atoms with van der Waals surface area (Å²) in [5.74, 6) is -0.0246. The second kappa shape index (κ2) is 7.43. The molecule has 0 bridgehead atoms. The molecule has 0 N–H and O–H groups in total. The Bertz CT molecular complexity index is 1010. The molecule has 2 aromatic rings. The van der Waals surface area contributed by atoms with Crippen molar-refractivity contribution in [2.24, 2.45) is 4.99 Å². The average molecular weight is 436 g/mol. The molecule has 8 heteroatoms. The third-order valence-corrected chi connectivity index (χ3v) is 7.41. The number of para-hydroxylation sites is 1. The molecule has 1 amide bonds. The molecule has 0 saturated carbocycles. The van der Waals surface area contributed by atoms with E-state index in [4.69, 9.17) is 23.2 Å². The molecule has 0 aliphatic carbocycles. The van der Waals surface area contributed by atoms with E-state index in [9.17, 15) is 4.79 Å². The molecule has 0 atom stereocenters. The number of aliphatic imine (C=N–C) groups is 1. The van der Waals surface area contributed by atoms with Crippen molar-refractivity contribution in [1.29, 1.82) is 0 Å². The summed E-state index contributed by atoms with van der Waals surface area (Å²) in [5.41, 5.74) is 1.77. The van der Waals surface area contributed by atoms with E-state index in [-0.39, 0.29) is 5.91 Å². The molecule has 0 spiro atoms. The molecule has 27 heavy (non-hydrogen) atoms. The smallest absolute Gasteiger partial charge is 0.269 e. The fourth-order valence-corrected chi connectivity index (χ4v) is 5.56. The fraction of sp³-hybridized carbons (Fsp3) is 0.158. The van der Waals surface area contributed by atoms with E-state index < -0.39 is 0 Å². The zero-order valence-electron chi connectivity index (χ0n) is 14.6. The highest BCUT2D eigenvalue weighted by Gasteiger charge is 2.38. The van der Waals surface area contributed by atoms with Crippen LogP contribution in [0.2, 0.25) is 10.0 Å². The lowest BCUT2D eigenvalue weighted by Crippen LogP contribution is -2.29. The number of benzene rings is 2. The van der Waals surface area contributed by atoms with E-state index in [1.165, 1.54) is 11.8 Å². The lowest BCUT2D eigenvalue weighted by Gasteiger charge is -2.15. The van der Waals surface area contributed by atoms with Crippen LogP contribution in [0.25, 0.3) is 0 Å². The van der Waals surface area contributed by atoms with Crippen molar-refractivity contribution in [3.05, 3.63) is 62.4 Å². The fourth-order valence-electron chi connectivity index (χ4n) is 2.86. The Morgan fingerprint density at radius 1 is 1.07 bits per heavy atom. The van der Waals surface area contributed by atoms with Gasteiger partial charge in [0.05, 0.1) is 26.4 Å². The molecular weight excluding hydrogens is 421 g/mol. The standard InChI is InChI=1S/C19H15Cl2N3OS2/c1-3-24-17(25)16(18-23(2)14-6-4-5-7-15(14)26-18)27-19(24)22-11-8-9-12(20)13(21)10-11/h4-10H,3H2,1-2H3. The lowest BCUT2D eigenvalue weighted by atomic mass is 10.3. The molecule has 2 aliphatic rings. The number of carbonyl (C=O) groups is 1. The molecule has 0 aromatic heterocycles. The summed E-state index contributed by atoms with van der Waals surface area (Å²) in [6.07, 6.45) is 0. The van der Waals surface area contributed by atoms with Crippen LogP contribution in [0.4, 0.5) is 11.4 Å². The number of hydrogen-bond acceptors (Lipinski definition) is 5. The highest BCUT2D eigenvalue weighted by atomic mass is 35.5. The van der Waals surface area contributed by atoms with E-state index in [1.54, 1.807) is 34.9 Å². The third-order valence-electron chi connectivity index (χ3n) is 4.24. The second-order valence-electron chi connectivity index (χ2n) is 5.91. The number of amidine groups is 1. The first-order valence-corrected chi connectivity index (χ1v) is 10.7. The van der Waals surface area contributed by atoms with Crippen molar-refractivity contribution < 1.29 is 4.79 Å². The first-order valence-electron chi connectivity index (χ1n) is 8.28. The Morgan fingerprint density at radius 3 is 2.56 bits per heavy atom. The zero-order valence-corrected chi connectivity index (χ0v) is 17.7. The molecule has 2 aliphatic heterocycles. The number of anilines is 1. The largest absolute Gasteiger partial charge is 0.337 e. The van der Waals surface area contributed by atoms with Crippen molar-refractivity contribution in [2.75, 3.05) is 18.5 Å². The molecule has 4 nitrogen and oxygen atoms in total. The molecule has 0 radical (unpaired) electrons. The number of nitrogens with zero attached hydrogens (tertiary/aromatic N) is 3. The van der Waals surface area contributed by atoms with Gasteiger partial charge in [-0.3, -0.25) is 9.69 Å². The van der Waals surface area contributed by atoms with E-state index in [2.05, 4.69) is 22.0 Å². The van der Waals surface area contributed by atoms with Gasteiger partial charge in [-0.1, -0.05) is 47.1 Å². The summed E-state index contributed by atoms with van der Waals surface area (Å²) in [6.45, 7) is 2.49. The third kappa shape index (κ3) is 3.36. The predicted octanol–water partition coefficient (Wildman–Crippen LogP) is 5.99. The van der Waals surface area contributed by atoms with Crippen LogP contribution in [-0.2, 0) is 4.79 Å². The summed E-state index contributed by atoms with van der Waals surface area (Å²) >= 11 is 15.1. The van der Waals surface area contributed by atoms with Gasteiger partial charge in [0.15, 0.2) is 5.17 Å².